The van der Waals surface area contributed by atoms with E-state index < -0.39 is 0 Å². The minimum Gasteiger partial charge on any atom is -0.486 e. The van der Waals surface area contributed by atoms with Crippen LogP contribution in [0.3, 0.4) is 0 Å². The Labute approximate surface area is 180 Å². The summed E-state index contributed by atoms with van der Waals surface area (Å²) in [6.45, 7) is 5.46. The van der Waals surface area contributed by atoms with E-state index in [0.29, 0.717) is 49.1 Å². The van der Waals surface area contributed by atoms with Gasteiger partial charge in [0.1, 0.15) is 13.2 Å². The third-order valence-electron chi connectivity index (χ3n) is 5.17. The Hall–Kier alpha value is -2.99. The quantitative estimate of drug-likeness (QED) is 0.652. The molecule has 1 aliphatic rings. The molecule has 0 aliphatic carbocycles. The number of nitrogens with zero attached hydrogens (tertiary/aromatic N) is 2. The number of aromatic nitrogens is 2. The summed E-state index contributed by atoms with van der Waals surface area (Å²) < 4.78 is 13.0. The van der Waals surface area contributed by atoms with Crippen molar-refractivity contribution in [3.8, 4) is 17.2 Å². The number of carbonyl (C=O) groups excluding carboxylic acids is 1. The third kappa shape index (κ3) is 4.28. The van der Waals surface area contributed by atoms with Gasteiger partial charge in [-0.3, -0.25) is 4.79 Å². The number of hydrogen-bond acceptors (Lipinski definition) is 4. The van der Waals surface area contributed by atoms with E-state index in [0.717, 1.165) is 28.2 Å². The standard InChI is InChI=1S/C23H24ClN3O3/c1-15-19(16(2)27(26-15)18-6-4-3-5-7-18)14-22(28)25-9-8-17-12-20(24)23-21(13-17)29-10-11-30-23/h3-7,12-13H,8-11,14H2,1-2H3,(H,25,28). The molecule has 0 radical (unpaired) electrons. The van der Waals surface area contributed by atoms with Gasteiger partial charge in [0.15, 0.2) is 11.5 Å². The summed E-state index contributed by atoms with van der Waals surface area (Å²) in [5.41, 5.74) is 4.78. The molecule has 1 N–H and O–H groups in total. The molecule has 4 rings (SSSR count). The number of halogens is 1. The van der Waals surface area contributed by atoms with Crippen LogP contribution in [0.25, 0.3) is 5.69 Å². The highest BCUT2D eigenvalue weighted by Gasteiger charge is 2.18. The maximum atomic E-state index is 12.5. The van der Waals surface area contributed by atoms with Gasteiger partial charge < -0.3 is 14.8 Å². The monoisotopic (exact) mass is 425 g/mol. The molecule has 7 heteroatoms. The lowest BCUT2D eigenvalue weighted by Crippen LogP contribution is -2.27. The van der Waals surface area contributed by atoms with E-state index >= 15 is 0 Å². The molecule has 0 saturated heterocycles. The fraction of sp³-hybridized carbons (Fsp3) is 0.304. The number of rotatable bonds is 6. The Morgan fingerprint density at radius 2 is 1.93 bits per heavy atom. The molecule has 6 nitrogen and oxygen atoms in total. The predicted octanol–water partition coefficient (Wildman–Crippen LogP) is 3.82. The van der Waals surface area contributed by atoms with Crippen molar-refractivity contribution in [3.63, 3.8) is 0 Å². The van der Waals surface area contributed by atoms with Crippen molar-refractivity contribution >= 4 is 17.5 Å². The molecule has 0 fully saturated rings. The van der Waals surface area contributed by atoms with Gasteiger partial charge in [-0.25, -0.2) is 4.68 Å². The van der Waals surface area contributed by atoms with Crippen LogP contribution in [0, 0.1) is 13.8 Å². The fourth-order valence-electron chi connectivity index (χ4n) is 3.63. The lowest BCUT2D eigenvalue weighted by molar-refractivity contribution is -0.120. The number of aryl methyl sites for hydroxylation is 1. The zero-order valence-corrected chi connectivity index (χ0v) is 17.8. The molecule has 30 heavy (non-hydrogen) atoms. The molecule has 3 aromatic rings. The average molecular weight is 426 g/mol. The maximum absolute atomic E-state index is 12.5. The Morgan fingerprint density at radius 3 is 2.73 bits per heavy atom. The molecular weight excluding hydrogens is 402 g/mol. The molecule has 0 unspecified atom stereocenters. The molecule has 2 aromatic carbocycles. The molecule has 1 aliphatic heterocycles. The summed E-state index contributed by atoms with van der Waals surface area (Å²) >= 11 is 6.28. The van der Waals surface area contributed by atoms with Crippen molar-refractivity contribution < 1.29 is 14.3 Å². The van der Waals surface area contributed by atoms with Crippen LogP contribution < -0.4 is 14.8 Å². The van der Waals surface area contributed by atoms with Crippen LogP contribution in [0.2, 0.25) is 5.02 Å². The number of amides is 1. The molecule has 0 saturated carbocycles. The predicted molar refractivity (Wildman–Crippen MR) is 116 cm³/mol. The molecule has 0 bridgehead atoms. The van der Waals surface area contributed by atoms with Gasteiger partial charge >= 0.3 is 0 Å². The van der Waals surface area contributed by atoms with Gasteiger partial charge in [0.05, 0.1) is 22.8 Å². The minimum absolute atomic E-state index is 0.0301. The van der Waals surface area contributed by atoms with Crippen LogP contribution in [0.5, 0.6) is 11.5 Å². The first-order chi connectivity index (χ1) is 14.5. The number of nitrogens with one attached hydrogen (secondary N) is 1. The van der Waals surface area contributed by atoms with Crippen LogP contribution in [0.4, 0.5) is 0 Å². The normalized spacial score (nSPS) is 12.6. The van der Waals surface area contributed by atoms with Gasteiger partial charge in [0.2, 0.25) is 5.91 Å². The summed E-state index contributed by atoms with van der Waals surface area (Å²) in [6, 6.07) is 13.7. The maximum Gasteiger partial charge on any atom is 0.224 e. The summed E-state index contributed by atoms with van der Waals surface area (Å²) in [4.78, 5) is 12.5. The first-order valence-corrected chi connectivity index (χ1v) is 10.4. The third-order valence-corrected chi connectivity index (χ3v) is 5.45. The zero-order chi connectivity index (χ0) is 21.1. The lowest BCUT2D eigenvalue weighted by atomic mass is 10.1. The second-order valence-electron chi connectivity index (χ2n) is 7.28. The van der Waals surface area contributed by atoms with Crippen LogP contribution in [0.15, 0.2) is 42.5 Å². The largest absolute Gasteiger partial charge is 0.486 e. The van der Waals surface area contributed by atoms with Crippen molar-refractivity contribution in [2.45, 2.75) is 26.7 Å². The van der Waals surface area contributed by atoms with Gasteiger partial charge in [-0.1, -0.05) is 29.8 Å². The second kappa shape index (κ2) is 8.79. The minimum atomic E-state index is -0.0301. The fourth-order valence-corrected chi connectivity index (χ4v) is 3.92. The van der Waals surface area contributed by atoms with Crippen molar-refractivity contribution in [2.24, 2.45) is 0 Å². The number of ether oxygens (including phenoxy) is 2. The summed E-state index contributed by atoms with van der Waals surface area (Å²) in [7, 11) is 0. The zero-order valence-electron chi connectivity index (χ0n) is 17.1. The van der Waals surface area contributed by atoms with Gasteiger partial charge in [0, 0.05) is 17.8 Å². The Balaban J connectivity index is 1.37. The molecule has 1 amide bonds. The van der Waals surface area contributed by atoms with E-state index in [1.807, 2.05) is 61.0 Å². The van der Waals surface area contributed by atoms with Crippen molar-refractivity contribution in [2.75, 3.05) is 19.8 Å². The van der Waals surface area contributed by atoms with Crippen LogP contribution in [-0.4, -0.2) is 35.4 Å². The van der Waals surface area contributed by atoms with Crippen LogP contribution >= 0.6 is 11.6 Å². The highest BCUT2D eigenvalue weighted by atomic mass is 35.5. The average Bonchev–Trinajstić information content (AvgIpc) is 3.03. The number of para-hydroxylation sites is 1. The SMILES string of the molecule is Cc1nn(-c2ccccc2)c(C)c1CC(=O)NCCc1cc(Cl)c2c(c1)OCCO2. The summed E-state index contributed by atoms with van der Waals surface area (Å²) in [6.07, 6.45) is 0.954. The molecular formula is C23H24ClN3O3. The van der Waals surface area contributed by atoms with Crippen molar-refractivity contribution in [3.05, 3.63) is 70.0 Å². The Morgan fingerprint density at radius 1 is 1.17 bits per heavy atom. The van der Waals surface area contributed by atoms with Crippen LogP contribution in [0.1, 0.15) is 22.5 Å². The van der Waals surface area contributed by atoms with E-state index in [9.17, 15) is 4.79 Å². The first-order valence-electron chi connectivity index (χ1n) is 9.98. The van der Waals surface area contributed by atoms with Gasteiger partial charge in [-0.15, -0.1) is 0 Å². The van der Waals surface area contributed by atoms with Gasteiger partial charge in [0.25, 0.3) is 0 Å². The molecule has 2 heterocycles. The van der Waals surface area contributed by atoms with E-state index in [-0.39, 0.29) is 5.91 Å². The first kappa shape index (κ1) is 20.3. The van der Waals surface area contributed by atoms with E-state index in [1.165, 1.54) is 0 Å². The number of carbonyl (C=O) groups is 1. The van der Waals surface area contributed by atoms with E-state index in [2.05, 4.69) is 10.4 Å². The smallest absolute Gasteiger partial charge is 0.224 e. The van der Waals surface area contributed by atoms with Crippen molar-refractivity contribution in [1.29, 1.82) is 0 Å². The summed E-state index contributed by atoms with van der Waals surface area (Å²) in [5, 5.41) is 8.14. The number of fused-ring (bicyclic) bond motifs is 1. The topological polar surface area (TPSA) is 65.4 Å². The molecule has 0 spiro atoms. The highest BCUT2D eigenvalue weighted by Crippen LogP contribution is 2.38. The van der Waals surface area contributed by atoms with Crippen LogP contribution in [-0.2, 0) is 17.6 Å². The highest BCUT2D eigenvalue weighted by molar-refractivity contribution is 6.32. The number of hydrogen-bond donors (Lipinski definition) is 1. The number of benzene rings is 2. The molecule has 1 aromatic heterocycles. The van der Waals surface area contributed by atoms with Crippen molar-refractivity contribution in [1.82, 2.24) is 15.1 Å². The molecule has 156 valence electrons. The van der Waals surface area contributed by atoms with E-state index in [4.69, 9.17) is 21.1 Å². The Bertz CT molecular complexity index is 1060. The Kier molecular flexibility index (Phi) is 5.95. The summed E-state index contributed by atoms with van der Waals surface area (Å²) in [5.74, 6) is 1.23. The van der Waals surface area contributed by atoms with Gasteiger partial charge in [-0.05, 0) is 50.1 Å². The molecule has 0 atom stereocenters. The second-order valence-corrected chi connectivity index (χ2v) is 7.68. The van der Waals surface area contributed by atoms with Gasteiger partial charge in [-0.2, -0.15) is 5.10 Å². The lowest BCUT2D eigenvalue weighted by Gasteiger charge is -2.20. The van der Waals surface area contributed by atoms with E-state index in [1.54, 1.807) is 0 Å².